The van der Waals surface area contributed by atoms with Crippen LogP contribution in [0, 0.1) is 0 Å². The molecule has 1 N–H and O–H groups in total. The van der Waals surface area contributed by atoms with Gasteiger partial charge in [0.15, 0.2) is 5.82 Å². The van der Waals surface area contributed by atoms with Crippen LogP contribution in [0.5, 0.6) is 0 Å². The van der Waals surface area contributed by atoms with Crippen molar-refractivity contribution in [2.75, 3.05) is 6.54 Å². The van der Waals surface area contributed by atoms with Gasteiger partial charge in [-0.2, -0.15) is 0 Å². The molecule has 0 aliphatic carbocycles. The van der Waals surface area contributed by atoms with Crippen molar-refractivity contribution in [1.29, 1.82) is 0 Å². The number of hydrogen-bond acceptors (Lipinski definition) is 3. The second-order valence-corrected chi connectivity index (χ2v) is 5.98. The SMILES string of the molecule is O=C(NCCn1ccnc1-c1ccccn1)c1ccc2ccccc2c1. The highest BCUT2D eigenvalue weighted by Gasteiger charge is 2.08. The number of benzene rings is 2. The van der Waals surface area contributed by atoms with Crippen LogP contribution in [-0.4, -0.2) is 27.0 Å². The molecule has 4 rings (SSSR count). The zero-order valence-corrected chi connectivity index (χ0v) is 14.2. The largest absolute Gasteiger partial charge is 0.350 e. The molecule has 0 saturated carbocycles. The van der Waals surface area contributed by atoms with Crippen molar-refractivity contribution in [3.8, 4) is 11.5 Å². The monoisotopic (exact) mass is 342 g/mol. The Hall–Kier alpha value is -3.47. The van der Waals surface area contributed by atoms with Crippen molar-refractivity contribution in [1.82, 2.24) is 19.9 Å². The molecule has 0 saturated heterocycles. The topological polar surface area (TPSA) is 59.8 Å². The van der Waals surface area contributed by atoms with E-state index >= 15 is 0 Å². The number of rotatable bonds is 5. The lowest BCUT2D eigenvalue weighted by molar-refractivity contribution is 0.0952. The maximum Gasteiger partial charge on any atom is 0.251 e. The fourth-order valence-electron chi connectivity index (χ4n) is 2.94. The summed E-state index contributed by atoms with van der Waals surface area (Å²) in [7, 11) is 0. The van der Waals surface area contributed by atoms with Crippen LogP contribution in [0.1, 0.15) is 10.4 Å². The molecule has 1 amide bonds. The number of pyridine rings is 1. The van der Waals surface area contributed by atoms with Crippen molar-refractivity contribution < 1.29 is 4.79 Å². The summed E-state index contributed by atoms with van der Waals surface area (Å²) in [5, 5.41) is 5.16. The Morgan fingerprint density at radius 3 is 2.62 bits per heavy atom. The lowest BCUT2D eigenvalue weighted by Gasteiger charge is -2.09. The molecule has 4 aromatic rings. The molecule has 0 unspecified atom stereocenters. The minimum atomic E-state index is -0.0738. The molecule has 0 radical (unpaired) electrons. The van der Waals surface area contributed by atoms with E-state index in [9.17, 15) is 4.79 Å². The maximum atomic E-state index is 12.4. The first-order valence-corrected chi connectivity index (χ1v) is 8.51. The van der Waals surface area contributed by atoms with E-state index in [4.69, 9.17) is 0 Å². The Morgan fingerprint density at radius 2 is 1.77 bits per heavy atom. The second-order valence-electron chi connectivity index (χ2n) is 5.98. The highest BCUT2D eigenvalue weighted by atomic mass is 16.1. The molecule has 0 aliphatic rings. The van der Waals surface area contributed by atoms with Gasteiger partial charge in [-0.1, -0.05) is 36.4 Å². The summed E-state index contributed by atoms with van der Waals surface area (Å²) in [6.07, 6.45) is 5.39. The number of nitrogens with zero attached hydrogens (tertiary/aromatic N) is 3. The Bertz CT molecular complexity index is 1040. The van der Waals surface area contributed by atoms with Gasteiger partial charge in [0.1, 0.15) is 5.69 Å². The fraction of sp³-hybridized carbons (Fsp3) is 0.0952. The van der Waals surface area contributed by atoms with Crippen LogP contribution in [0.15, 0.2) is 79.3 Å². The van der Waals surface area contributed by atoms with E-state index in [1.165, 1.54) is 0 Å². The highest BCUT2D eigenvalue weighted by Crippen LogP contribution is 2.16. The van der Waals surface area contributed by atoms with Gasteiger partial charge in [0.25, 0.3) is 5.91 Å². The predicted molar refractivity (Wildman–Crippen MR) is 102 cm³/mol. The third-order valence-electron chi connectivity index (χ3n) is 4.26. The number of imidazole rings is 1. The van der Waals surface area contributed by atoms with E-state index in [2.05, 4.69) is 15.3 Å². The highest BCUT2D eigenvalue weighted by molar-refractivity contribution is 5.98. The summed E-state index contributed by atoms with van der Waals surface area (Å²) < 4.78 is 1.99. The maximum absolute atomic E-state index is 12.4. The quantitative estimate of drug-likeness (QED) is 0.603. The number of carbonyl (C=O) groups is 1. The first-order chi connectivity index (χ1) is 12.8. The zero-order chi connectivity index (χ0) is 17.8. The molecule has 5 nitrogen and oxygen atoms in total. The average molecular weight is 342 g/mol. The number of fused-ring (bicyclic) bond motifs is 1. The van der Waals surface area contributed by atoms with E-state index in [1.807, 2.05) is 71.4 Å². The first kappa shape index (κ1) is 16.0. The molecule has 0 aliphatic heterocycles. The molecule has 2 aromatic carbocycles. The predicted octanol–water partition coefficient (Wildman–Crippen LogP) is 3.53. The van der Waals surface area contributed by atoms with Gasteiger partial charge >= 0.3 is 0 Å². The molecule has 128 valence electrons. The molecular weight excluding hydrogens is 324 g/mol. The Balaban J connectivity index is 1.42. The third kappa shape index (κ3) is 3.32. The van der Waals surface area contributed by atoms with Crippen LogP contribution >= 0.6 is 0 Å². The van der Waals surface area contributed by atoms with E-state index in [-0.39, 0.29) is 5.91 Å². The smallest absolute Gasteiger partial charge is 0.251 e. The van der Waals surface area contributed by atoms with Crippen LogP contribution in [0.3, 0.4) is 0 Å². The summed E-state index contributed by atoms with van der Waals surface area (Å²) in [5.74, 6) is 0.723. The molecule has 2 aromatic heterocycles. The third-order valence-corrected chi connectivity index (χ3v) is 4.26. The van der Waals surface area contributed by atoms with Crippen LogP contribution < -0.4 is 5.32 Å². The summed E-state index contributed by atoms with van der Waals surface area (Å²) >= 11 is 0. The van der Waals surface area contributed by atoms with Crippen LogP contribution in [-0.2, 0) is 6.54 Å². The Morgan fingerprint density at radius 1 is 0.923 bits per heavy atom. The summed E-state index contributed by atoms with van der Waals surface area (Å²) in [4.78, 5) is 21.1. The van der Waals surface area contributed by atoms with Crippen molar-refractivity contribution in [3.63, 3.8) is 0 Å². The van der Waals surface area contributed by atoms with E-state index in [0.29, 0.717) is 18.7 Å². The molecule has 0 fully saturated rings. The summed E-state index contributed by atoms with van der Waals surface area (Å²) in [5.41, 5.74) is 1.48. The number of carbonyl (C=O) groups excluding carboxylic acids is 1. The second kappa shape index (κ2) is 7.19. The minimum absolute atomic E-state index is 0.0738. The summed E-state index contributed by atoms with van der Waals surface area (Å²) in [6.45, 7) is 1.15. The van der Waals surface area contributed by atoms with Gasteiger partial charge in [0.2, 0.25) is 0 Å². The Kier molecular flexibility index (Phi) is 4.43. The van der Waals surface area contributed by atoms with Crippen LogP contribution in [0.25, 0.3) is 22.3 Å². The normalized spacial score (nSPS) is 10.8. The number of nitrogens with one attached hydrogen (secondary N) is 1. The fourth-order valence-corrected chi connectivity index (χ4v) is 2.94. The number of hydrogen-bond donors (Lipinski definition) is 1. The van der Waals surface area contributed by atoms with Crippen LogP contribution in [0.2, 0.25) is 0 Å². The van der Waals surface area contributed by atoms with Gasteiger partial charge in [-0.05, 0) is 35.0 Å². The van der Waals surface area contributed by atoms with Crippen LogP contribution in [0.4, 0.5) is 0 Å². The van der Waals surface area contributed by atoms with Crippen molar-refractivity contribution >= 4 is 16.7 Å². The van der Waals surface area contributed by atoms with Gasteiger partial charge in [-0.3, -0.25) is 9.78 Å². The van der Waals surface area contributed by atoms with Gasteiger partial charge in [-0.25, -0.2) is 4.98 Å². The van der Waals surface area contributed by atoms with Gasteiger partial charge < -0.3 is 9.88 Å². The summed E-state index contributed by atoms with van der Waals surface area (Å²) in [6, 6.07) is 19.5. The lowest BCUT2D eigenvalue weighted by atomic mass is 10.1. The van der Waals surface area contributed by atoms with Gasteiger partial charge in [-0.15, -0.1) is 0 Å². The lowest BCUT2D eigenvalue weighted by Crippen LogP contribution is -2.27. The molecule has 2 heterocycles. The molecule has 0 bridgehead atoms. The first-order valence-electron chi connectivity index (χ1n) is 8.51. The average Bonchev–Trinajstić information content (AvgIpc) is 3.17. The number of aromatic nitrogens is 3. The van der Waals surface area contributed by atoms with Gasteiger partial charge in [0, 0.05) is 37.2 Å². The number of amides is 1. The van der Waals surface area contributed by atoms with Crippen molar-refractivity contribution in [3.05, 3.63) is 84.8 Å². The minimum Gasteiger partial charge on any atom is -0.350 e. The van der Waals surface area contributed by atoms with E-state index in [1.54, 1.807) is 12.4 Å². The molecule has 0 atom stereocenters. The molecule has 0 spiro atoms. The van der Waals surface area contributed by atoms with Gasteiger partial charge in [0.05, 0.1) is 0 Å². The zero-order valence-electron chi connectivity index (χ0n) is 14.2. The van der Waals surface area contributed by atoms with E-state index < -0.39 is 0 Å². The Labute approximate surface area is 151 Å². The molecular formula is C21H18N4O. The standard InChI is InChI=1S/C21H18N4O/c26-21(18-9-8-16-5-1-2-6-17(16)15-18)24-12-14-25-13-11-23-20(25)19-7-3-4-10-22-19/h1-11,13,15H,12,14H2,(H,24,26). The van der Waals surface area contributed by atoms with Crippen molar-refractivity contribution in [2.24, 2.45) is 0 Å². The van der Waals surface area contributed by atoms with E-state index in [0.717, 1.165) is 22.3 Å². The van der Waals surface area contributed by atoms with Crippen molar-refractivity contribution in [2.45, 2.75) is 6.54 Å². The molecule has 5 heteroatoms. The molecule has 26 heavy (non-hydrogen) atoms.